The molecule has 1 aromatic rings. The number of benzene rings is 1. The van der Waals surface area contributed by atoms with Gasteiger partial charge in [-0.05, 0) is 18.1 Å². The normalized spacial score (nSPS) is 16.9. The van der Waals surface area contributed by atoms with Gasteiger partial charge in [-0.2, -0.15) is 0 Å². The van der Waals surface area contributed by atoms with E-state index in [1.807, 2.05) is 24.3 Å². The van der Waals surface area contributed by atoms with Crippen molar-refractivity contribution in [2.75, 3.05) is 12.3 Å². The molecule has 1 amide bonds. The van der Waals surface area contributed by atoms with Gasteiger partial charge in [0, 0.05) is 18.8 Å². The molecule has 4 nitrogen and oxygen atoms in total. The third-order valence-electron chi connectivity index (χ3n) is 3.07. The number of carbonyl (C=O) groups excluding carboxylic acids is 1. The molecule has 1 aliphatic heterocycles. The van der Waals surface area contributed by atoms with Gasteiger partial charge in [0.25, 0.3) is 5.24 Å². The number of carboxylic acid groups (broad SMARTS) is 1. The zero-order valence-electron chi connectivity index (χ0n) is 10.1. The highest BCUT2D eigenvalue weighted by molar-refractivity contribution is 8.13. The summed E-state index contributed by atoms with van der Waals surface area (Å²) in [5.74, 6) is -0.468. The van der Waals surface area contributed by atoms with Crippen LogP contribution in [0, 0.1) is 0 Å². The predicted octanol–water partition coefficient (Wildman–Crippen LogP) is 2.54. The molecule has 1 fully saturated rings. The summed E-state index contributed by atoms with van der Waals surface area (Å²) in [4.78, 5) is 24.1. The molecule has 1 atom stereocenters. The molecule has 1 heterocycles. The van der Waals surface area contributed by atoms with Crippen molar-refractivity contribution in [2.45, 2.75) is 19.4 Å². The van der Waals surface area contributed by atoms with Gasteiger partial charge in [-0.1, -0.05) is 36.0 Å². The average molecular weight is 265 g/mol. The largest absolute Gasteiger partial charge is 0.481 e. The number of hydrogen-bond donors (Lipinski definition) is 1. The zero-order chi connectivity index (χ0) is 13.1. The Balaban J connectivity index is 2.03. The van der Waals surface area contributed by atoms with E-state index in [9.17, 15) is 9.59 Å². The summed E-state index contributed by atoms with van der Waals surface area (Å²) in [5.41, 5.74) is 1.82. The fourth-order valence-electron chi connectivity index (χ4n) is 1.84. The first-order chi connectivity index (χ1) is 8.58. The van der Waals surface area contributed by atoms with E-state index in [4.69, 9.17) is 5.11 Å². The third-order valence-corrected chi connectivity index (χ3v) is 3.96. The van der Waals surface area contributed by atoms with Crippen LogP contribution in [0.1, 0.15) is 24.0 Å². The molecule has 0 spiro atoms. The summed E-state index contributed by atoms with van der Waals surface area (Å²) in [6.45, 7) is 3.06. The molecule has 5 heteroatoms. The third kappa shape index (κ3) is 2.85. The number of thioether (sulfide) groups is 1. The van der Waals surface area contributed by atoms with E-state index in [0.29, 0.717) is 6.54 Å². The second-order valence-electron chi connectivity index (χ2n) is 4.34. The van der Waals surface area contributed by atoms with E-state index in [2.05, 4.69) is 0 Å². The van der Waals surface area contributed by atoms with Crippen molar-refractivity contribution in [1.82, 2.24) is 4.90 Å². The highest BCUT2D eigenvalue weighted by Gasteiger charge is 2.21. The molecule has 0 radical (unpaired) electrons. The van der Waals surface area contributed by atoms with Gasteiger partial charge in [0.15, 0.2) is 0 Å². The van der Waals surface area contributed by atoms with Gasteiger partial charge < -0.3 is 10.0 Å². The Morgan fingerprint density at radius 3 is 2.61 bits per heavy atom. The van der Waals surface area contributed by atoms with Crippen LogP contribution >= 0.6 is 11.8 Å². The summed E-state index contributed by atoms with van der Waals surface area (Å²) in [6.07, 6.45) is 0. The molecule has 1 unspecified atom stereocenters. The predicted molar refractivity (Wildman–Crippen MR) is 70.8 cm³/mol. The van der Waals surface area contributed by atoms with Crippen molar-refractivity contribution in [3.8, 4) is 0 Å². The Labute approximate surface area is 110 Å². The quantitative estimate of drug-likeness (QED) is 0.909. The Kier molecular flexibility index (Phi) is 3.91. The van der Waals surface area contributed by atoms with Crippen LogP contribution in [0.3, 0.4) is 0 Å². The van der Waals surface area contributed by atoms with Gasteiger partial charge in [0.05, 0.1) is 5.92 Å². The van der Waals surface area contributed by atoms with Crippen molar-refractivity contribution in [3.63, 3.8) is 0 Å². The average Bonchev–Trinajstić information content (AvgIpc) is 2.75. The Bertz CT molecular complexity index is 458. The van der Waals surface area contributed by atoms with Crippen LogP contribution in [-0.4, -0.2) is 33.5 Å². The molecule has 2 rings (SSSR count). The summed E-state index contributed by atoms with van der Waals surface area (Å²) in [6, 6.07) is 7.43. The summed E-state index contributed by atoms with van der Waals surface area (Å²) in [7, 11) is 0. The molecule has 1 saturated heterocycles. The smallest absolute Gasteiger partial charge is 0.310 e. The first kappa shape index (κ1) is 13.0. The maximum Gasteiger partial charge on any atom is 0.310 e. The van der Waals surface area contributed by atoms with Crippen molar-refractivity contribution in [3.05, 3.63) is 35.4 Å². The molecular weight excluding hydrogens is 250 g/mol. The summed E-state index contributed by atoms with van der Waals surface area (Å²) < 4.78 is 0. The molecule has 0 aromatic heterocycles. The second kappa shape index (κ2) is 5.44. The van der Waals surface area contributed by atoms with Gasteiger partial charge in [-0.25, -0.2) is 0 Å². The number of hydrogen-bond acceptors (Lipinski definition) is 3. The van der Waals surface area contributed by atoms with Crippen LogP contribution in [0.15, 0.2) is 24.3 Å². The minimum absolute atomic E-state index is 0.123. The van der Waals surface area contributed by atoms with Gasteiger partial charge >= 0.3 is 5.97 Å². The summed E-state index contributed by atoms with van der Waals surface area (Å²) in [5, 5.41) is 9.04. The monoisotopic (exact) mass is 265 g/mol. The van der Waals surface area contributed by atoms with E-state index >= 15 is 0 Å². The van der Waals surface area contributed by atoms with E-state index in [-0.39, 0.29) is 5.24 Å². The number of amides is 1. The van der Waals surface area contributed by atoms with E-state index < -0.39 is 11.9 Å². The summed E-state index contributed by atoms with van der Waals surface area (Å²) >= 11 is 1.35. The van der Waals surface area contributed by atoms with Crippen LogP contribution in [0.5, 0.6) is 0 Å². The molecule has 1 aromatic carbocycles. The molecule has 96 valence electrons. The molecule has 18 heavy (non-hydrogen) atoms. The van der Waals surface area contributed by atoms with Gasteiger partial charge in [-0.15, -0.1) is 0 Å². The lowest BCUT2D eigenvalue weighted by molar-refractivity contribution is -0.138. The van der Waals surface area contributed by atoms with E-state index in [1.54, 1.807) is 11.8 Å². The van der Waals surface area contributed by atoms with E-state index in [0.717, 1.165) is 23.4 Å². The van der Waals surface area contributed by atoms with Crippen LogP contribution in [0.25, 0.3) is 0 Å². The maximum absolute atomic E-state index is 11.5. The number of rotatable bonds is 4. The Morgan fingerprint density at radius 2 is 2.11 bits per heavy atom. The zero-order valence-corrected chi connectivity index (χ0v) is 10.9. The topological polar surface area (TPSA) is 57.6 Å². The highest BCUT2D eigenvalue weighted by Crippen LogP contribution is 2.21. The minimum Gasteiger partial charge on any atom is -0.481 e. The van der Waals surface area contributed by atoms with Crippen LogP contribution in [-0.2, 0) is 11.3 Å². The first-order valence-corrected chi connectivity index (χ1v) is 6.80. The second-order valence-corrected chi connectivity index (χ2v) is 5.38. The number of aliphatic carboxylic acids is 1. The van der Waals surface area contributed by atoms with Crippen molar-refractivity contribution < 1.29 is 14.7 Å². The van der Waals surface area contributed by atoms with Gasteiger partial charge in [0.2, 0.25) is 0 Å². The van der Waals surface area contributed by atoms with Gasteiger partial charge in [0.1, 0.15) is 0 Å². The SMILES string of the molecule is CC(C(=O)O)c1ccc(CN2CCSC2=O)cc1. The Hall–Kier alpha value is -1.49. The first-order valence-electron chi connectivity index (χ1n) is 5.81. The molecule has 0 bridgehead atoms. The standard InChI is InChI=1S/C13H15NO3S/c1-9(12(15)16)11-4-2-10(3-5-11)8-14-6-7-18-13(14)17/h2-5,9H,6-8H2,1H3,(H,15,16). The number of carboxylic acids is 1. The lowest BCUT2D eigenvalue weighted by Crippen LogP contribution is -2.22. The van der Waals surface area contributed by atoms with Crippen LogP contribution in [0.4, 0.5) is 4.79 Å². The molecular formula is C13H15NO3S. The lowest BCUT2D eigenvalue weighted by atomic mass is 10.00. The number of carbonyl (C=O) groups is 2. The van der Waals surface area contributed by atoms with Crippen LogP contribution in [0.2, 0.25) is 0 Å². The molecule has 1 aliphatic rings. The number of nitrogens with zero attached hydrogens (tertiary/aromatic N) is 1. The maximum atomic E-state index is 11.5. The van der Waals surface area contributed by atoms with Gasteiger partial charge in [-0.3, -0.25) is 9.59 Å². The lowest BCUT2D eigenvalue weighted by Gasteiger charge is -2.15. The van der Waals surface area contributed by atoms with E-state index in [1.165, 1.54) is 11.8 Å². The van der Waals surface area contributed by atoms with Crippen molar-refractivity contribution >= 4 is 23.0 Å². The minimum atomic E-state index is -0.825. The fourth-order valence-corrected chi connectivity index (χ4v) is 2.67. The molecule has 0 saturated carbocycles. The Morgan fingerprint density at radius 1 is 1.44 bits per heavy atom. The van der Waals surface area contributed by atoms with Crippen molar-refractivity contribution in [1.29, 1.82) is 0 Å². The van der Waals surface area contributed by atoms with Crippen molar-refractivity contribution in [2.24, 2.45) is 0 Å². The fraction of sp³-hybridized carbons (Fsp3) is 0.385. The molecule has 0 aliphatic carbocycles. The molecule has 1 N–H and O–H groups in total. The van der Waals surface area contributed by atoms with Crippen LogP contribution < -0.4 is 0 Å². The highest BCUT2D eigenvalue weighted by atomic mass is 32.2.